The van der Waals surface area contributed by atoms with Crippen LogP contribution in [0.5, 0.6) is 0 Å². The maximum Gasteiger partial charge on any atom is 0.416 e. The normalized spacial score (nSPS) is 11.7. The van der Waals surface area contributed by atoms with Gasteiger partial charge in [0.05, 0.1) is 35.8 Å². The van der Waals surface area contributed by atoms with E-state index in [1.807, 2.05) is 0 Å². The highest BCUT2D eigenvalue weighted by molar-refractivity contribution is 6.22. The van der Waals surface area contributed by atoms with E-state index < -0.39 is 41.1 Å². The lowest BCUT2D eigenvalue weighted by Crippen LogP contribution is -2.19. The smallest absolute Gasteiger partial charge is 0.416 e. The Morgan fingerprint density at radius 1 is 0.875 bits per heavy atom. The van der Waals surface area contributed by atoms with Gasteiger partial charge in [-0.3, -0.25) is 19.5 Å². The Labute approximate surface area is 224 Å². The van der Waals surface area contributed by atoms with Crippen LogP contribution in [0.15, 0.2) is 66.6 Å². The molecule has 0 spiro atoms. The largest absolute Gasteiger partial charge is 0.501 e. The first-order valence-corrected chi connectivity index (χ1v) is 11.4. The van der Waals surface area contributed by atoms with E-state index in [1.54, 1.807) is 13.8 Å². The fourth-order valence-electron chi connectivity index (χ4n) is 2.92. The van der Waals surface area contributed by atoms with Crippen LogP contribution < -0.4 is 10.6 Å². The zero-order valence-electron chi connectivity index (χ0n) is 21.3. The molecule has 0 atom stereocenters. The van der Waals surface area contributed by atoms with Crippen LogP contribution in [0.3, 0.4) is 0 Å². The van der Waals surface area contributed by atoms with Crippen molar-refractivity contribution in [2.45, 2.75) is 33.1 Å². The van der Waals surface area contributed by atoms with E-state index in [1.165, 1.54) is 25.3 Å². The lowest BCUT2D eigenvalue weighted by Gasteiger charge is -2.09. The molecule has 0 aliphatic carbocycles. The van der Waals surface area contributed by atoms with Gasteiger partial charge < -0.3 is 15.4 Å². The topological polar surface area (TPSA) is 113 Å². The lowest BCUT2D eigenvalue weighted by molar-refractivity contribution is -0.138. The molecule has 0 aliphatic rings. The second-order valence-electron chi connectivity index (χ2n) is 8.01. The quantitative estimate of drug-likeness (QED) is 0.104. The molecular formula is C26H24F6N4O4. The van der Waals surface area contributed by atoms with Crippen LogP contribution in [0.25, 0.3) is 0 Å². The Morgan fingerprint density at radius 2 is 1.35 bits per heavy atom. The van der Waals surface area contributed by atoms with Gasteiger partial charge in [-0.05, 0) is 69.3 Å². The highest BCUT2D eigenvalue weighted by atomic mass is 19.4. The number of aromatic nitrogens is 2. The average molecular weight is 570 g/mol. The van der Waals surface area contributed by atoms with Crippen molar-refractivity contribution in [3.05, 3.63) is 88.9 Å². The van der Waals surface area contributed by atoms with Gasteiger partial charge in [-0.25, -0.2) is 0 Å². The number of carbonyl (C=O) groups excluding carboxylic acids is 3. The van der Waals surface area contributed by atoms with Crippen LogP contribution in [0.1, 0.15) is 41.0 Å². The van der Waals surface area contributed by atoms with Crippen molar-refractivity contribution in [2.24, 2.45) is 0 Å². The molecule has 0 saturated carbocycles. The lowest BCUT2D eigenvalue weighted by atomic mass is 10.1. The third-order valence-corrected chi connectivity index (χ3v) is 5.01. The number of aryl methyl sites for hydroxylation is 1. The number of Topliss-reactive ketones (excluding diaryl/α,β-unsaturated/α-hetero) is 1. The van der Waals surface area contributed by atoms with Crippen LogP contribution in [-0.2, 0) is 26.7 Å². The summed E-state index contributed by atoms with van der Waals surface area (Å²) in [7, 11) is 0. The number of hydrogen-bond donors (Lipinski definition) is 3. The summed E-state index contributed by atoms with van der Waals surface area (Å²) in [6.45, 7) is 4.83. The standard InChI is InChI=1S/C14H14F3NO3.C12H10F3N3O/c1-3-21-8-12(9(2)19)13(20)18-11-6-4-10(5-7-11)14(15,16)17;1-7-10(6-16-18-7)11(19)17-9-4-2-8(3-5-9)12(13,14)15/h4-8H,3H2,1-2H3,(H,18,20);2-6H,1H3,(H,16,18)(H,17,19). The maximum absolute atomic E-state index is 12.4. The van der Waals surface area contributed by atoms with Gasteiger partial charge in [0.2, 0.25) is 0 Å². The Hall–Kier alpha value is -4.62. The molecule has 0 radical (unpaired) electrons. The molecule has 14 heteroatoms. The molecule has 0 saturated heterocycles. The minimum Gasteiger partial charge on any atom is -0.501 e. The zero-order valence-corrected chi connectivity index (χ0v) is 21.3. The van der Waals surface area contributed by atoms with E-state index in [4.69, 9.17) is 4.74 Å². The number of aromatic amines is 1. The first kappa shape index (κ1) is 31.6. The van der Waals surface area contributed by atoms with Gasteiger partial charge in [0.1, 0.15) is 5.57 Å². The van der Waals surface area contributed by atoms with Gasteiger partial charge in [-0.2, -0.15) is 31.4 Å². The fourth-order valence-corrected chi connectivity index (χ4v) is 2.92. The van der Waals surface area contributed by atoms with E-state index in [-0.39, 0.29) is 17.9 Å². The van der Waals surface area contributed by atoms with E-state index in [2.05, 4.69) is 20.8 Å². The molecular weight excluding hydrogens is 546 g/mol. The van der Waals surface area contributed by atoms with Gasteiger partial charge >= 0.3 is 12.4 Å². The molecule has 0 fully saturated rings. The summed E-state index contributed by atoms with van der Waals surface area (Å²) < 4.78 is 79.2. The molecule has 0 aliphatic heterocycles. The summed E-state index contributed by atoms with van der Waals surface area (Å²) in [5, 5.41) is 11.1. The van der Waals surface area contributed by atoms with Crippen molar-refractivity contribution in [1.82, 2.24) is 10.2 Å². The zero-order chi connectivity index (χ0) is 30.1. The highest BCUT2D eigenvalue weighted by Gasteiger charge is 2.31. The van der Waals surface area contributed by atoms with Gasteiger partial charge in [-0.15, -0.1) is 0 Å². The summed E-state index contributed by atoms with van der Waals surface area (Å²) in [5.74, 6) is -1.67. The molecule has 0 bridgehead atoms. The molecule has 1 heterocycles. The van der Waals surface area contributed by atoms with E-state index in [0.717, 1.165) is 42.7 Å². The number of nitrogens with zero attached hydrogens (tertiary/aromatic N) is 1. The van der Waals surface area contributed by atoms with Crippen molar-refractivity contribution in [3.8, 4) is 0 Å². The van der Waals surface area contributed by atoms with Crippen molar-refractivity contribution in [2.75, 3.05) is 17.2 Å². The molecule has 1 aromatic heterocycles. The Balaban J connectivity index is 0.000000281. The minimum absolute atomic E-state index is 0.150. The van der Waals surface area contributed by atoms with Crippen LogP contribution in [-0.4, -0.2) is 34.4 Å². The number of ketones is 1. The number of H-pyrrole nitrogens is 1. The van der Waals surface area contributed by atoms with Crippen LogP contribution in [0.4, 0.5) is 37.7 Å². The number of benzene rings is 2. The monoisotopic (exact) mass is 570 g/mol. The summed E-state index contributed by atoms with van der Waals surface area (Å²) >= 11 is 0. The Kier molecular flexibility index (Phi) is 10.6. The van der Waals surface area contributed by atoms with E-state index in [0.29, 0.717) is 16.9 Å². The number of anilines is 2. The molecule has 0 unspecified atom stereocenters. The molecule has 3 rings (SSSR count). The van der Waals surface area contributed by atoms with Crippen LogP contribution in [0.2, 0.25) is 0 Å². The first-order valence-electron chi connectivity index (χ1n) is 11.4. The second kappa shape index (κ2) is 13.4. The van der Waals surface area contributed by atoms with Gasteiger partial charge in [0.15, 0.2) is 5.78 Å². The minimum atomic E-state index is -4.44. The van der Waals surface area contributed by atoms with Crippen molar-refractivity contribution in [3.63, 3.8) is 0 Å². The average Bonchev–Trinajstić information content (AvgIpc) is 3.30. The van der Waals surface area contributed by atoms with Crippen molar-refractivity contribution < 1.29 is 45.5 Å². The molecule has 2 aromatic carbocycles. The number of ether oxygens (including phenoxy) is 1. The van der Waals surface area contributed by atoms with Gasteiger partial charge in [0.25, 0.3) is 11.8 Å². The molecule has 3 aromatic rings. The fraction of sp³-hybridized carbons (Fsp3) is 0.231. The summed E-state index contributed by atoms with van der Waals surface area (Å²) in [4.78, 5) is 34.9. The van der Waals surface area contributed by atoms with Crippen molar-refractivity contribution in [1.29, 1.82) is 0 Å². The number of amides is 2. The number of carbonyl (C=O) groups is 3. The number of nitrogens with one attached hydrogen (secondary N) is 3. The van der Waals surface area contributed by atoms with Crippen LogP contribution >= 0.6 is 0 Å². The summed E-state index contributed by atoms with van der Waals surface area (Å²) in [6.07, 6.45) is -6.44. The number of rotatable bonds is 7. The molecule has 2 amide bonds. The first-order chi connectivity index (χ1) is 18.6. The van der Waals surface area contributed by atoms with Crippen LogP contribution in [0, 0.1) is 6.92 Å². The van der Waals surface area contributed by atoms with Crippen molar-refractivity contribution >= 4 is 29.0 Å². The maximum atomic E-state index is 12.4. The Morgan fingerprint density at radius 3 is 1.73 bits per heavy atom. The molecule has 40 heavy (non-hydrogen) atoms. The second-order valence-corrected chi connectivity index (χ2v) is 8.01. The third-order valence-electron chi connectivity index (χ3n) is 5.01. The van der Waals surface area contributed by atoms with Gasteiger partial charge in [-0.1, -0.05) is 0 Å². The SMILES string of the molecule is CCOC=C(C(C)=O)C(=O)Nc1ccc(C(F)(F)F)cc1.Cc1[nH]ncc1C(=O)Nc1ccc(C(F)(F)F)cc1. The predicted octanol–water partition coefficient (Wildman–Crippen LogP) is 6.14. The molecule has 214 valence electrons. The number of alkyl halides is 6. The Bertz CT molecular complexity index is 1350. The molecule has 8 nitrogen and oxygen atoms in total. The summed E-state index contributed by atoms with van der Waals surface area (Å²) in [6, 6.07) is 8.14. The third kappa shape index (κ3) is 9.29. The number of halogens is 6. The van der Waals surface area contributed by atoms with E-state index >= 15 is 0 Å². The number of hydrogen-bond acceptors (Lipinski definition) is 5. The van der Waals surface area contributed by atoms with Gasteiger partial charge in [0, 0.05) is 17.1 Å². The summed E-state index contributed by atoms with van der Waals surface area (Å²) in [5.41, 5.74) is -0.418. The van der Waals surface area contributed by atoms with E-state index in [9.17, 15) is 40.7 Å². The molecule has 3 N–H and O–H groups in total. The highest BCUT2D eigenvalue weighted by Crippen LogP contribution is 2.30. The predicted molar refractivity (Wildman–Crippen MR) is 133 cm³/mol.